The molecule has 0 saturated carbocycles. The van der Waals surface area contributed by atoms with Gasteiger partial charge in [0, 0.05) is 18.7 Å². The maximum Gasteiger partial charge on any atom is 0.411 e. The summed E-state index contributed by atoms with van der Waals surface area (Å²) < 4.78 is 31.8. The van der Waals surface area contributed by atoms with E-state index in [1.807, 2.05) is 6.92 Å². The van der Waals surface area contributed by atoms with Gasteiger partial charge in [-0.1, -0.05) is 13.0 Å². The monoisotopic (exact) mass is 352 g/mol. The summed E-state index contributed by atoms with van der Waals surface area (Å²) in [6.07, 6.45) is -0.497. The number of ether oxygens (including phenoxy) is 1. The van der Waals surface area contributed by atoms with E-state index in [0.717, 1.165) is 5.56 Å². The van der Waals surface area contributed by atoms with E-state index in [-0.39, 0.29) is 12.5 Å². The Kier molecular flexibility index (Phi) is 4.03. The van der Waals surface area contributed by atoms with Gasteiger partial charge in [-0.15, -0.1) is 11.3 Å². The predicted octanol–water partition coefficient (Wildman–Crippen LogP) is 3.24. The minimum Gasteiger partial charge on any atom is -0.449 e. The van der Waals surface area contributed by atoms with Gasteiger partial charge in [-0.3, -0.25) is 9.62 Å². The summed E-state index contributed by atoms with van der Waals surface area (Å²) in [6.45, 7) is 2.18. The van der Waals surface area contributed by atoms with Crippen molar-refractivity contribution in [2.24, 2.45) is 0 Å². The van der Waals surface area contributed by atoms with Crippen LogP contribution in [-0.2, 0) is 14.8 Å². The van der Waals surface area contributed by atoms with Gasteiger partial charge in [-0.05, 0) is 35.2 Å². The van der Waals surface area contributed by atoms with Gasteiger partial charge in [0.25, 0.3) is 10.0 Å². The summed E-state index contributed by atoms with van der Waals surface area (Å²) in [4.78, 5) is 11.5. The number of cyclic esters (lactones) is 1. The van der Waals surface area contributed by atoms with Gasteiger partial charge in [0.15, 0.2) is 0 Å². The molecular weight excluding hydrogens is 336 g/mol. The highest BCUT2D eigenvalue weighted by atomic mass is 32.2. The van der Waals surface area contributed by atoms with Gasteiger partial charge in [-0.25, -0.2) is 13.2 Å². The van der Waals surface area contributed by atoms with Gasteiger partial charge in [0.2, 0.25) is 0 Å². The molecule has 0 aliphatic carbocycles. The Morgan fingerprint density at radius 2 is 2.13 bits per heavy atom. The smallest absolute Gasteiger partial charge is 0.411 e. The van der Waals surface area contributed by atoms with Gasteiger partial charge in [-0.2, -0.15) is 0 Å². The van der Waals surface area contributed by atoms with Crippen molar-refractivity contribution in [1.29, 1.82) is 0 Å². The maximum atomic E-state index is 12.6. The molecule has 2 aromatic rings. The molecule has 2 heterocycles. The number of thiophene rings is 1. The number of benzene rings is 1. The van der Waals surface area contributed by atoms with E-state index in [4.69, 9.17) is 4.74 Å². The van der Waals surface area contributed by atoms with Crippen LogP contribution in [0, 0.1) is 0 Å². The second-order valence-electron chi connectivity index (χ2n) is 5.30. The number of rotatable bonds is 3. The van der Waals surface area contributed by atoms with Crippen LogP contribution in [0.3, 0.4) is 0 Å². The molecule has 0 saturated heterocycles. The summed E-state index contributed by atoms with van der Waals surface area (Å²) in [5.41, 5.74) is 2.03. The van der Waals surface area contributed by atoms with Crippen LogP contribution < -0.4 is 9.62 Å². The number of hydrogen-bond donors (Lipinski definition) is 1. The van der Waals surface area contributed by atoms with E-state index in [1.54, 1.807) is 35.7 Å². The number of hydrogen-bond acceptors (Lipinski definition) is 5. The van der Waals surface area contributed by atoms with Crippen LogP contribution in [0.2, 0.25) is 0 Å². The third-order valence-electron chi connectivity index (χ3n) is 3.74. The Balaban J connectivity index is 2.00. The third-order valence-corrected chi connectivity index (χ3v) is 6.90. The lowest BCUT2D eigenvalue weighted by molar-refractivity contribution is 0.158. The number of carbonyl (C=O) groups excluding carboxylic acids is 1. The van der Waals surface area contributed by atoms with Crippen LogP contribution in [0.25, 0.3) is 0 Å². The van der Waals surface area contributed by atoms with Gasteiger partial charge in [0.05, 0.1) is 12.3 Å². The molecule has 0 bridgehead atoms. The molecule has 3 rings (SSSR count). The number of nitrogens with zero attached hydrogens (tertiary/aromatic N) is 1. The standard InChI is InChI=1S/C15H16N2O4S2/c1-10-9-21-15(18)16-13-6-5-11(8-12(10)13)17(2)23(19,20)14-4-3-7-22-14/h3-8,10H,9H2,1-2H3,(H,16,18). The minimum absolute atomic E-state index is 0.0262. The Hall–Kier alpha value is -2.06. The Bertz CT molecular complexity index is 831. The number of sulfonamides is 1. The van der Waals surface area contributed by atoms with Crippen molar-refractivity contribution in [2.75, 3.05) is 23.3 Å². The summed E-state index contributed by atoms with van der Waals surface area (Å²) >= 11 is 1.18. The van der Waals surface area contributed by atoms with Crippen molar-refractivity contribution in [2.45, 2.75) is 17.1 Å². The van der Waals surface area contributed by atoms with Crippen LogP contribution in [0.4, 0.5) is 16.2 Å². The Morgan fingerprint density at radius 3 is 2.83 bits per heavy atom. The van der Waals surface area contributed by atoms with Crippen molar-refractivity contribution in [3.63, 3.8) is 0 Å². The summed E-state index contributed by atoms with van der Waals surface area (Å²) in [5, 5.41) is 4.39. The average Bonchev–Trinajstić information content (AvgIpc) is 3.03. The molecule has 1 aliphatic rings. The zero-order chi connectivity index (χ0) is 16.6. The molecule has 1 N–H and O–H groups in total. The zero-order valence-corrected chi connectivity index (χ0v) is 14.3. The quantitative estimate of drug-likeness (QED) is 0.920. The van der Waals surface area contributed by atoms with E-state index >= 15 is 0 Å². The first-order valence-electron chi connectivity index (χ1n) is 7.00. The second kappa shape index (κ2) is 5.86. The molecule has 1 unspecified atom stereocenters. The summed E-state index contributed by atoms with van der Waals surface area (Å²) in [6, 6.07) is 8.44. The van der Waals surface area contributed by atoms with Crippen LogP contribution in [0.5, 0.6) is 0 Å². The first-order valence-corrected chi connectivity index (χ1v) is 9.31. The first-order chi connectivity index (χ1) is 10.9. The first kappa shape index (κ1) is 15.8. The number of anilines is 2. The fourth-order valence-corrected chi connectivity index (χ4v) is 4.74. The van der Waals surface area contributed by atoms with Crippen LogP contribution >= 0.6 is 11.3 Å². The number of nitrogens with one attached hydrogen (secondary N) is 1. The van der Waals surface area contributed by atoms with Crippen molar-refractivity contribution >= 4 is 38.8 Å². The topological polar surface area (TPSA) is 75.7 Å². The van der Waals surface area contributed by atoms with E-state index in [2.05, 4.69) is 5.32 Å². The van der Waals surface area contributed by atoms with Crippen LogP contribution in [0.15, 0.2) is 39.9 Å². The molecule has 23 heavy (non-hydrogen) atoms. The number of fused-ring (bicyclic) bond motifs is 1. The third kappa shape index (κ3) is 2.91. The van der Waals surface area contributed by atoms with Gasteiger partial charge < -0.3 is 4.74 Å². The molecule has 0 spiro atoms. The molecule has 1 aromatic carbocycles. The number of carbonyl (C=O) groups is 1. The van der Waals surface area contributed by atoms with Crippen molar-refractivity contribution in [3.8, 4) is 0 Å². The Labute approximate surface area is 138 Å². The van der Waals surface area contributed by atoms with Crippen LogP contribution in [0.1, 0.15) is 18.4 Å². The van der Waals surface area contributed by atoms with E-state index in [9.17, 15) is 13.2 Å². The highest BCUT2D eigenvalue weighted by Crippen LogP contribution is 2.33. The predicted molar refractivity (Wildman–Crippen MR) is 89.7 cm³/mol. The Morgan fingerprint density at radius 1 is 1.35 bits per heavy atom. The molecule has 0 radical (unpaired) electrons. The van der Waals surface area contributed by atoms with Gasteiger partial charge >= 0.3 is 6.09 Å². The molecule has 1 aliphatic heterocycles. The lowest BCUT2D eigenvalue weighted by atomic mass is 9.99. The maximum absolute atomic E-state index is 12.6. The normalized spacial score (nSPS) is 17.7. The molecular formula is C15H16N2O4S2. The second-order valence-corrected chi connectivity index (χ2v) is 8.44. The molecule has 1 amide bonds. The molecule has 1 aromatic heterocycles. The largest absolute Gasteiger partial charge is 0.449 e. The highest BCUT2D eigenvalue weighted by Gasteiger charge is 2.25. The van der Waals surface area contributed by atoms with Crippen molar-refractivity contribution in [3.05, 3.63) is 41.3 Å². The minimum atomic E-state index is -3.58. The fourth-order valence-electron chi connectivity index (χ4n) is 2.39. The molecule has 6 nitrogen and oxygen atoms in total. The van der Waals surface area contributed by atoms with Gasteiger partial charge in [0.1, 0.15) is 4.21 Å². The summed E-state index contributed by atoms with van der Waals surface area (Å²) in [5.74, 6) is -0.0262. The van der Waals surface area contributed by atoms with Crippen LogP contribution in [-0.4, -0.2) is 28.2 Å². The van der Waals surface area contributed by atoms with E-state index in [1.165, 1.54) is 22.7 Å². The van der Waals surface area contributed by atoms with E-state index < -0.39 is 16.1 Å². The van der Waals surface area contributed by atoms with E-state index in [0.29, 0.717) is 15.6 Å². The molecule has 8 heteroatoms. The average molecular weight is 352 g/mol. The molecule has 122 valence electrons. The SMILES string of the molecule is CC1COC(=O)Nc2ccc(N(C)S(=O)(=O)c3cccs3)cc21. The lowest BCUT2D eigenvalue weighted by Crippen LogP contribution is -2.26. The summed E-state index contributed by atoms with van der Waals surface area (Å²) in [7, 11) is -2.06. The van der Waals surface area contributed by atoms with Crippen molar-refractivity contribution in [1.82, 2.24) is 0 Å². The molecule has 0 fully saturated rings. The lowest BCUT2D eigenvalue weighted by Gasteiger charge is -2.21. The number of amides is 1. The van der Waals surface area contributed by atoms with Crippen molar-refractivity contribution < 1.29 is 17.9 Å². The molecule has 1 atom stereocenters. The zero-order valence-electron chi connectivity index (χ0n) is 12.6. The highest BCUT2D eigenvalue weighted by molar-refractivity contribution is 7.94. The fraction of sp³-hybridized carbons (Fsp3) is 0.267.